The topological polar surface area (TPSA) is 105 Å². The number of hydrogen-bond donors (Lipinski definition) is 2. The Morgan fingerprint density at radius 1 is 1.28 bits per heavy atom. The number of cyclic esters (lactones) is 1. The first-order chi connectivity index (χ1) is 13.8. The van der Waals surface area contributed by atoms with Crippen molar-refractivity contribution in [1.82, 2.24) is 9.80 Å². The molecule has 8 nitrogen and oxygen atoms in total. The maximum absolute atomic E-state index is 12.3. The van der Waals surface area contributed by atoms with Gasteiger partial charge in [-0.05, 0) is 50.8 Å². The van der Waals surface area contributed by atoms with Crippen LogP contribution in [-0.4, -0.2) is 77.4 Å². The van der Waals surface area contributed by atoms with E-state index >= 15 is 0 Å². The molecule has 2 unspecified atom stereocenters. The zero-order valence-electron chi connectivity index (χ0n) is 17.1. The number of carbonyl (C=O) groups is 2. The summed E-state index contributed by atoms with van der Waals surface area (Å²) in [5, 5.41) is 8.88. The van der Waals surface area contributed by atoms with E-state index in [2.05, 4.69) is 18.7 Å². The van der Waals surface area contributed by atoms with E-state index in [1.54, 1.807) is 24.3 Å². The molecule has 160 valence electrons. The van der Waals surface area contributed by atoms with Crippen molar-refractivity contribution < 1.29 is 24.2 Å². The maximum Gasteiger partial charge on any atom is 0.410 e. The van der Waals surface area contributed by atoms with Gasteiger partial charge < -0.3 is 30.1 Å². The van der Waals surface area contributed by atoms with Crippen LogP contribution in [0.25, 0.3) is 0 Å². The summed E-state index contributed by atoms with van der Waals surface area (Å²) in [5.74, 6) is -0.370. The van der Waals surface area contributed by atoms with Crippen LogP contribution in [0.4, 0.5) is 4.79 Å². The lowest BCUT2D eigenvalue weighted by molar-refractivity contribution is -0.138. The van der Waals surface area contributed by atoms with E-state index in [1.165, 1.54) is 0 Å². The van der Waals surface area contributed by atoms with E-state index in [-0.39, 0.29) is 24.7 Å². The Morgan fingerprint density at radius 2 is 1.93 bits per heavy atom. The number of piperidine rings is 1. The molecule has 2 heterocycles. The van der Waals surface area contributed by atoms with E-state index in [0.29, 0.717) is 24.9 Å². The molecule has 2 fully saturated rings. The van der Waals surface area contributed by atoms with Crippen LogP contribution < -0.4 is 10.5 Å². The highest BCUT2D eigenvalue weighted by Crippen LogP contribution is 2.24. The number of rotatable bonds is 8. The molecule has 0 bridgehead atoms. The van der Waals surface area contributed by atoms with Gasteiger partial charge in [-0.25, -0.2) is 4.79 Å². The number of carbonyl (C=O) groups excluding carboxylic acids is 1. The summed E-state index contributed by atoms with van der Waals surface area (Å²) in [5.41, 5.74) is 6.38. The number of carboxylic acids is 1. The van der Waals surface area contributed by atoms with Crippen molar-refractivity contribution in [3.05, 3.63) is 29.8 Å². The lowest BCUT2D eigenvalue weighted by Crippen LogP contribution is -2.47. The minimum Gasteiger partial charge on any atom is -0.490 e. The van der Waals surface area contributed by atoms with Crippen LogP contribution in [0, 0.1) is 0 Å². The molecule has 3 N–H and O–H groups in total. The summed E-state index contributed by atoms with van der Waals surface area (Å²) in [7, 11) is 0. The van der Waals surface area contributed by atoms with Gasteiger partial charge in [-0.2, -0.15) is 0 Å². The average Bonchev–Trinajstić information content (AvgIpc) is 3.08. The molecule has 2 aliphatic heterocycles. The number of hydrogen-bond acceptors (Lipinski definition) is 6. The van der Waals surface area contributed by atoms with E-state index in [0.717, 1.165) is 31.5 Å². The number of ether oxygens (including phenoxy) is 2. The number of carboxylic acid groups (broad SMARTS) is 1. The Bertz CT molecular complexity index is 701. The zero-order valence-corrected chi connectivity index (χ0v) is 17.1. The highest BCUT2D eigenvalue weighted by Gasteiger charge is 2.37. The van der Waals surface area contributed by atoms with Crippen molar-refractivity contribution in [3.63, 3.8) is 0 Å². The molecule has 0 aliphatic carbocycles. The minimum absolute atomic E-state index is 0.236. The van der Waals surface area contributed by atoms with Gasteiger partial charge >= 0.3 is 12.1 Å². The van der Waals surface area contributed by atoms with Gasteiger partial charge in [-0.1, -0.05) is 12.1 Å². The third kappa shape index (κ3) is 5.61. The van der Waals surface area contributed by atoms with Gasteiger partial charge in [0, 0.05) is 25.2 Å². The van der Waals surface area contributed by atoms with Crippen molar-refractivity contribution in [3.8, 4) is 5.75 Å². The molecule has 3 rings (SSSR count). The number of nitrogens with zero attached hydrogens (tertiary/aromatic N) is 2. The number of benzene rings is 1. The van der Waals surface area contributed by atoms with Crippen molar-refractivity contribution in [2.24, 2.45) is 5.73 Å². The first-order valence-corrected chi connectivity index (χ1v) is 10.2. The highest BCUT2D eigenvalue weighted by molar-refractivity contribution is 5.73. The lowest BCUT2D eigenvalue weighted by atomic mass is 10.0. The minimum atomic E-state index is -1.02. The standard InChI is InChI=1S/C21H31N3O5/c1-14(2)23-9-7-16(8-10-23)24-12-18(29-21(24)27)13-28-17-5-3-15(4-6-17)11-19(22)20(25)26/h3-6,14,16,18-19H,7-13,22H2,1-2H3,(H,25,26). The molecule has 2 atom stereocenters. The Morgan fingerprint density at radius 3 is 2.52 bits per heavy atom. The lowest BCUT2D eigenvalue weighted by Gasteiger charge is -2.37. The largest absolute Gasteiger partial charge is 0.490 e. The monoisotopic (exact) mass is 405 g/mol. The molecule has 0 radical (unpaired) electrons. The van der Waals surface area contributed by atoms with Crippen molar-refractivity contribution in [1.29, 1.82) is 0 Å². The molecule has 2 saturated heterocycles. The predicted molar refractivity (Wildman–Crippen MR) is 108 cm³/mol. The molecule has 1 aromatic carbocycles. The number of nitrogens with two attached hydrogens (primary N) is 1. The first kappa shape index (κ1) is 21.4. The molecule has 29 heavy (non-hydrogen) atoms. The summed E-state index contributed by atoms with van der Waals surface area (Å²) < 4.78 is 11.3. The van der Waals surface area contributed by atoms with Gasteiger partial charge in [0.1, 0.15) is 18.4 Å². The Labute approximate surface area is 171 Å². The Balaban J connectivity index is 1.45. The van der Waals surface area contributed by atoms with Crippen LogP contribution in [0.1, 0.15) is 32.3 Å². The summed E-state index contributed by atoms with van der Waals surface area (Å²) in [6.45, 7) is 7.25. The molecular formula is C21H31N3O5. The van der Waals surface area contributed by atoms with Crippen molar-refractivity contribution in [2.75, 3.05) is 26.2 Å². The zero-order chi connectivity index (χ0) is 21.0. The van der Waals surface area contributed by atoms with Crippen LogP contribution >= 0.6 is 0 Å². The van der Waals surface area contributed by atoms with E-state index in [4.69, 9.17) is 20.3 Å². The normalized spacial score (nSPS) is 22.0. The van der Waals surface area contributed by atoms with Gasteiger partial charge in [0.05, 0.1) is 6.54 Å². The van der Waals surface area contributed by atoms with Gasteiger partial charge in [0.15, 0.2) is 6.10 Å². The van der Waals surface area contributed by atoms with E-state index in [9.17, 15) is 9.59 Å². The third-order valence-electron chi connectivity index (χ3n) is 5.70. The summed E-state index contributed by atoms with van der Waals surface area (Å²) in [6.07, 6.45) is 1.67. The first-order valence-electron chi connectivity index (χ1n) is 10.2. The predicted octanol–water partition coefficient (Wildman–Crippen LogP) is 1.71. The molecule has 1 amide bonds. The molecular weight excluding hydrogens is 374 g/mol. The van der Waals surface area contributed by atoms with E-state index in [1.807, 2.05) is 4.90 Å². The van der Waals surface area contributed by atoms with Gasteiger partial charge in [-0.3, -0.25) is 4.79 Å². The number of amides is 1. The van der Waals surface area contributed by atoms with Gasteiger partial charge in [0.2, 0.25) is 0 Å². The SMILES string of the molecule is CC(C)N1CCC(N2CC(COc3ccc(CC(N)C(=O)O)cc3)OC2=O)CC1. The summed E-state index contributed by atoms with van der Waals surface area (Å²) in [4.78, 5) is 27.4. The van der Waals surface area contributed by atoms with Crippen LogP contribution in [-0.2, 0) is 16.0 Å². The molecule has 8 heteroatoms. The molecule has 0 spiro atoms. The average molecular weight is 405 g/mol. The molecule has 1 aromatic rings. The molecule has 0 aromatic heterocycles. The van der Waals surface area contributed by atoms with Gasteiger partial charge in [0.25, 0.3) is 0 Å². The Kier molecular flexibility index (Phi) is 6.97. The third-order valence-corrected chi connectivity index (χ3v) is 5.70. The van der Waals surface area contributed by atoms with Crippen LogP contribution in [0.2, 0.25) is 0 Å². The fraction of sp³-hybridized carbons (Fsp3) is 0.619. The van der Waals surface area contributed by atoms with E-state index < -0.39 is 12.0 Å². The maximum atomic E-state index is 12.3. The molecule has 0 saturated carbocycles. The fourth-order valence-corrected chi connectivity index (χ4v) is 3.89. The summed E-state index contributed by atoms with van der Waals surface area (Å²) in [6, 6.07) is 7.01. The second-order valence-corrected chi connectivity index (χ2v) is 8.12. The fourth-order valence-electron chi connectivity index (χ4n) is 3.89. The second-order valence-electron chi connectivity index (χ2n) is 8.12. The highest BCUT2D eigenvalue weighted by atomic mass is 16.6. The smallest absolute Gasteiger partial charge is 0.410 e. The quantitative estimate of drug-likeness (QED) is 0.678. The van der Waals surface area contributed by atoms with Gasteiger partial charge in [-0.15, -0.1) is 0 Å². The van der Waals surface area contributed by atoms with Crippen molar-refractivity contribution in [2.45, 2.75) is 57.3 Å². The summed E-state index contributed by atoms with van der Waals surface area (Å²) >= 11 is 0. The second kappa shape index (κ2) is 9.45. The number of aliphatic carboxylic acids is 1. The molecule has 2 aliphatic rings. The van der Waals surface area contributed by atoms with Crippen LogP contribution in [0.3, 0.4) is 0 Å². The van der Waals surface area contributed by atoms with Crippen LogP contribution in [0.5, 0.6) is 5.75 Å². The van der Waals surface area contributed by atoms with Crippen molar-refractivity contribution >= 4 is 12.1 Å². The van der Waals surface area contributed by atoms with Crippen LogP contribution in [0.15, 0.2) is 24.3 Å². The number of likely N-dealkylation sites (tertiary alicyclic amines) is 1. The Hall–Kier alpha value is -2.32.